The van der Waals surface area contributed by atoms with Gasteiger partial charge in [0.15, 0.2) is 5.78 Å². The van der Waals surface area contributed by atoms with Crippen LogP contribution in [0.1, 0.15) is 15.9 Å². The maximum Gasteiger partial charge on any atom is 0.197 e. The number of aromatic nitrogens is 2. The number of fused-ring (bicyclic) bond motifs is 1. The first-order valence-electron chi connectivity index (χ1n) is 5.38. The van der Waals surface area contributed by atoms with Crippen LogP contribution in [0.3, 0.4) is 0 Å². The van der Waals surface area contributed by atoms with E-state index in [1.807, 2.05) is 18.2 Å². The van der Waals surface area contributed by atoms with Crippen molar-refractivity contribution in [3.63, 3.8) is 0 Å². The largest absolute Gasteiger partial charge is 0.398 e. The molecule has 0 fully saturated rings. The Morgan fingerprint density at radius 2 is 1.83 bits per heavy atom. The molecule has 0 radical (unpaired) electrons. The van der Waals surface area contributed by atoms with Crippen LogP contribution in [0.25, 0.3) is 11.0 Å². The molecule has 0 aliphatic carbocycles. The number of hydrogen-bond acceptors (Lipinski definition) is 5. The van der Waals surface area contributed by atoms with Gasteiger partial charge in [-0.05, 0) is 12.1 Å². The molecular weight excluding hydrogens is 246 g/mol. The Morgan fingerprint density at radius 1 is 1.06 bits per heavy atom. The molecule has 4 nitrogen and oxygen atoms in total. The summed E-state index contributed by atoms with van der Waals surface area (Å²) in [5.74, 6) is -0.119. The average molecular weight is 255 g/mol. The highest BCUT2D eigenvalue weighted by Crippen LogP contribution is 2.25. The molecule has 0 saturated heterocycles. The third kappa shape index (κ3) is 1.65. The molecule has 0 saturated carbocycles. The van der Waals surface area contributed by atoms with Gasteiger partial charge in [0.05, 0.1) is 17.3 Å². The number of nitrogens with two attached hydrogens (primary N) is 1. The number of carbonyl (C=O) groups excluding carboxylic acids is 1. The van der Waals surface area contributed by atoms with Crippen LogP contribution >= 0.6 is 11.7 Å². The van der Waals surface area contributed by atoms with Gasteiger partial charge in [0, 0.05) is 11.3 Å². The third-order valence-corrected chi connectivity index (χ3v) is 3.27. The standard InChI is InChI=1S/C13H9N3OS/c14-9-6-7-10-12(16-18-15-10)11(9)13(17)8-4-2-1-3-5-8/h1-7H,14H2. The molecule has 3 rings (SSSR count). The van der Waals surface area contributed by atoms with Gasteiger partial charge in [-0.3, -0.25) is 4.79 Å². The number of hydrogen-bond donors (Lipinski definition) is 1. The lowest BCUT2D eigenvalue weighted by molar-refractivity contribution is 0.104. The number of rotatable bonds is 2. The number of anilines is 1. The zero-order valence-corrected chi connectivity index (χ0v) is 10.1. The van der Waals surface area contributed by atoms with Crippen LogP contribution in [-0.4, -0.2) is 14.5 Å². The first kappa shape index (κ1) is 10.9. The van der Waals surface area contributed by atoms with Crippen molar-refractivity contribution in [2.75, 3.05) is 5.73 Å². The fraction of sp³-hybridized carbons (Fsp3) is 0. The van der Waals surface area contributed by atoms with Crippen molar-refractivity contribution in [1.29, 1.82) is 0 Å². The fourth-order valence-electron chi connectivity index (χ4n) is 1.84. The number of nitrogens with zero attached hydrogens (tertiary/aromatic N) is 2. The number of carbonyl (C=O) groups is 1. The predicted molar refractivity (Wildman–Crippen MR) is 71.7 cm³/mol. The van der Waals surface area contributed by atoms with Crippen molar-refractivity contribution < 1.29 is 4.79 Å². The lowest BCUT2D eigenvalue weighted by atomic mass is 10.0. The van der Waals surface area contributed by atoms with Crippen molar-refractivity contribution in [3.05, 3.63) is 53.6 Å². The molecule has 1 aromatic heterocycles. The lowest BCUT2D eigenvalue weighted by Gasteiger charge is -2.05. The first-order chi connectivity index (χ1) is 8.77. The van der Waals surface area contributed by atoms with Gasteiger partial charge < -0.3 is 5.73 Å². The molecule has 88 valence electrons. The molecular formula is C13H9N3OS. The van der Waals surface area contributed by atoms with E-state index in [4.69, 9.17) is 5.73 Å². The minimum atomic E-state index is -0.119. The summed E-state index contributed by atoms with van der Waals surface area (Å²) in [7, 11) is 0. The van der Waals surface area contributed by atoms with Gasteiger partial charge >= 0.3 is 0 Å². The lowest BCUT2D eigenvalue weighted by Crippen LogP contribution is -2.06. The zero-order valence-electron chi connectivity index (χ0n) is 9.33. The Bertz CT molecular complexity index is 721. The Kier molecular flexibility index (Phi) is 2.53. The molecule has 0 bridgehead atoms. The van der Waals surface area contributed by atoms with Gasteiger partial charge in [0.1, 0.15) is 11.0 Å². The van der Waals surface area contributed by atoms with Crippen molar-refractivity contribution in [1.82, 2.24) is 8.75 Å². The van der Waals surface area contributed by atoms with E-state index in [0.717, 1.165) is 11.7 Å². The molecule has 0 aliphatic rings. The van der Waals surface area contributed by atoms with Gasteiger partial charge in [-0.25, -0.2) is 0 Å². The molecule has 0 aliphatic heterocycles. The molecule has 3 aromatic rings. The van der Waals surface area contributed by atoms with Crippen LogP contribution in [0.2, 0.25) is 0 Å². The Balaban J connectivity index is 2.23. The third-order valence-electron chi connectivity index (χ3n) is 2.72. The molecule has 18 heavy (non-hydrogen) atoms. The Labute approximate surface area is 107 Å². The monoisotopic (exact) mass is 255 g/mol. The molecule has 0 spiro atoms. The van der Waals surface area contributed by atoms with Gasteiger partial charge in [-0.1, -0.05) is 30.3 Å². The molecule has 1 heterocycles. The van der Waals surface area contributed by atoms with Crippen LogP contribution in [0.15, 0.2) is 42.5 Å². The van der Waals surface area contributed by atoms with Gasteiger partial charge in [0.2, 0.25) is 0 Å². The number of ketones is 1. The predicted octanol–water partition coefficient (Wildman–Crippen LogP) is 2.50. The van der Waals surface area contributed by atoms with Crippen molar-refractivity contribution >= 4 is 34.2 Å². The smallest absolute Gasteiger partial charge is 0.197 e. The summed E-state index contributed by atoms with van der Waals surface area (Å²) in [5.41, 5.74) is 8.65. The van der Waals surface area contributed by atoms with E-state index in [1.54, 1.807) is 24.3 Å². The topological polar surface area (TPSA) is 68.9 Å². The zero-order chi connectivity index (χ0) is 12.5. The highest BCUT2D eigenvalue weighted by Gasteiger charge is 2.17. The van der Waals surface area contributed by atoms with E-state index in [0.29, 0.717) is 27.8 Å². The van der Waals surface area contributed by atoms with Crippen LogP contribution in [0, 0.1) is 0 Å². The normalized spacial score (nSPS) is 10.7. The van der Waals surface area contributed by atoms with E-state index in [2.05, 4.69) is 8.75 Å². The molecule has 0 amide bonds. The van der Waals surface area contributed by atoms with Crippen molar-refractivity contribution in [2.24, 2.45) is 0 Å². The summed E-state index contributed by atoms with van der Waals surface area (Å²) in [6.45, 7) is 0. The van der Waals surface area contributed by atoms with Gasteiger partial charge in [-0.15, -0.1) is 0 Å². The summed E-state index contributed by atoms with van der Waals surface area (Å²) in [4.78, 5) is 12.4. The van der Waals surface area contributed by atoms with E-state index >= 15 is 0 Å². The highest BCUT2D eigenvalue weighted by molar-refractivity contribution is 7.00. The van der Waals surface area contributed by atoms with Crippen molar-refractivity contribution in [3.8, 4) is 0 Å². The SMILES string of the molecule is Nc1ccc2nsnc2c1C(=O)c1ccccc1. The van der Waals surface area contributed by atoms with Crippen LogP contribution in [0.4, 0.5) is 5.69 Å². The van der Waals surface area contributed by atoms with Crippen LogP contribution in [0.5, 0.6) is 0 Å². The maximum absolute atomic E-state index is 12.4. The molecule has 0 atom stereocenters. The van der Waals surface area contributed by atoms with E-state index < -0.39 is 0 Å². The van der Waals surface area contributed by atoms with Gasteiger partial charge in [-0.2, -0.15) is 8.75 Å². The van der Waals surface area contributed by atoms with E-state index in [-0.39, 0.29) is 5.78 Å². The minimum Gasteiger partial charge on any atom is -0.398 e. The molecule has 2 aromatic carbocycles. The Hall–Kier alpha value is -2.27. The highest BCUT2D eigenvalue weighted by atomic mass is 32.1. The van der Waals surface area contributed by atoms with Gasteiger partial charge in [0.25, 0.3) is 0 Å². The van der Waals surface area contributed by atoms with Crippen LogP contribution in [-0.2, 0) is 0 Å². The maximum atomic E-state index is 12.4. The molecule has 5 heteroatoms. The first-order valence-corrected chi connectivity index (χ1v) is 6.11. The quantitative estimate of drug-likeness (QED) is 0.564. The second-order valence-corrected chi connectivity index (χ2v) is 4.39. The summed E-state index contributed by atoms with van der Waals surface area (Å²) in [6.07, 6.45) is 0. The second kappa shape index (κ2) is 4.19. The fourth-order valence-corrected chi connectivity index (χ4v) is 2.38. The average Bonchev–Trinajstić information content (AvgIpc) is 2.87. The van der Waals surface area contributed by atoms with E-state index in [9.17, 15) is 4.79 Å². The van der Waals surface area contributed by atoms with Crippen LogP contribution < -0.4 is 5.73 Å². The minimum absolute atomic E-state index is 0.119. The Morgan fingerprint density at radius 3 is 2.61 bits per heavy atom. The van der Waals surface area contributed by atoms with Crippen molar-refractivity contribution in [2.45, 2.75) is 0 Å². The summed E-state index contributed by atoms with van der Waals surface area (Å²) in [5, 5.41) is 0. The summed E-state index contributed by atoms with van der Waals surface area (Å²) in [6, 6.07) is 12.5. The number of benzene rings is 2. The summed E-state index contributed by atoms with van der Waals surface area (Å²) < 4.78 is 8.28. The summed E-state index contributed by atoms with van der Waals surface area (Å²) >= 11 is 1.08. The second-order valence-electron chi connectivity index (χ2n) is 3.86. The van der Waals surface area contributed by atoms with E-state index in [1.165, 1.54) is 0 Å². The molecule has 0 unspecified atom stereocenters. The number of nitrogen functional groups attached to an aromatic ring is 1. The molecule has 2 N–H and O–H groups in total.